The molecule has 0 amide bonds. The number of allylic oxidation sites excluding steroid dienone is 2. The van der Waals surface area contributed by atoms with Crippen molar-refractivity contribution >= 4 is 33.8 Å². The van der Waals surface area contributed by atoms with Crippen LogP contribution in [-0.4, -0.2) is 32.8 Å². The first-order chi connectivity index (χ1) is 20.3. The van der Waals surface area contributed by atoms with Crippen LogP contribution >= 0.6 is 22.7 Å². The molecule has 1 aliphatic rings. The maximum atomic E-state index is 15.5. The Morgan fingerprint density at radius 1 is 0.744 bits per heavy atom. The van der Waals surface area contributed by atoms with Crippen LogP contribution in [0.2, 0.25) is 0 Å². The average molecular weight is 632 g/mol. The molecule has 0 saturated carbocycles. The van der Waals surface area contributed by atoms with Gasteiger partial charge in [0.05, 0.1) is 6.20 Å². The second-order valence-corrected chi connectivity index (χ2v) is 12.7. The van der Waals surface area contributed by atoms with Crippen LogP contribution < -0.4 is 4.74 Å². The van der Waals surface area contributed by atoms with Gasteiger partial charge in [-0.3, -0.25) is 4.68 Å². The minimum Gasteiger partial charge on any atom is -0.487 e. The van der Waals surface area contributed by atoms with E-state index >= 15 is 17.6 Å². The number of halogens is 6. The highest BCUT2D eigenvalue weighted by molar-refractivity contribution is 7.16. The smallest absolute Gasteiger partial charge is 0.380 e. The second kappa shape index (κ2) is 10.4. The summed E-state index contributed by atoms with van der Waals surface area (Å²) in [5.74, 6) is -15.3. The molecule has 12 heteroatoms. The van der Waals surface area contributed by atoms with Gasteiger partial charge in [0.1, 0.15) is 18.1 Å². The van der Waals surface area contributed by atoms with E-state index in [0.717, 1.165) is 22.7 Å². The molecule has 43 heavy (non-hydrogen) atoms. The van der Waals surface area contributed by atoms with Gasteiger partial charge in [0.25, 0.3) is 0 Å². The molecule has 3 heterocycles. The summed E-state index contributed by atoms with van der Waals surface area (Å²) in [5, 5.41) is 7.78. The predicted molar refractivity (Wildman–Crippen MR) is 156 cm³/mol. The Morgan fingerprint density at radius 2 is 1.26 bits per heavy atom. The molecule has 0 fully saturated rings. The molecule has 6 rings (SSSR count). The molecular formula is C31H23F6N3OS2. The quantitative estimate of drug-likeness (QED) is 0.168. The molecular weight excluding hydrogens is 608 g/mol. The van der Waals surface area contributed by atoms with Crippen LogP contribution in [0.3, 0.4) is 0 Å². The van der Waals surface area contributed by atoms with Crippen molar-refractivity contribution in [2.24, 2.45) is 7.05 Å². The topological polar surface area (TPSA) is 39.9 Å². The number of rotatable bonds is 7. The molecule has 3 aromatic heterocycles. The number of hydrogen-bond acceptors (Lipinski definition) is 5. The summed E-state index contributed by atoms with van der Waals surface area (Å²) >= 11 is 2.15. The van der Waals surface area contributed by atoms with E-state index < -0.39 is 28.9 Å². The van der Waals surface area contributed by atoms with Gasteiger partial charge in [-0.05, 0) is 72.5 Å². The van der Waals surface area contributed by atoms with Crippen LogP contribution in [0.1, 0.15) is 26.6 Å². The highest BCUT2D eigenvalue weighted by Crippen LogP contribution is 2.66. The Bertz CT molecular complexity index is 1840. The van der Waals surface area contributed by atoms with E-state index in [1.54, 1.807) is 72.5 Å². The summed E-state index contributed by atoms with van der Waals surface area (Å²) < 4.78 is 99.2. The van der Waals surface area contributed by atoms with Crippen LogP contribution in [0.5, 0.6) is 5.75 Å². The molecule has 5 aromatic rings. The summed E-state index contributed by atoms with van der Waals surface area (Å²) in [6.07, 6.45) is 1.71. The van der Waals surface area contributed by atoms with Crippen molar-refractivity contribution in [3.05, 3.63) is 99.5 Å². The molecule has 2 aromatic carbocycles. The van der Waals surface area contributed by atoms with E-state index in [4.69, 9.17) is 4.74 Å². The molecule has 0 unspecified atom stereocenters. The number of ether oxygens (including phenoxy) is 1. The fraction of sp³-hybridized carbons (Fsp3) is 0.226. The standard InChI is InChI=1S/C31H23F6N3OS2/c1-17-23(13-25(42-17)19-7-5-4-6-8-19)27-28(30(34,35)31(36,37)29(27,32)33)24-14-26(43-18(24)2)20-9-11-22(12-10-20)41-16-21-15-40(3)39-38-21/h4-15H,16H2,1-3H3. The molecule has 0 atom stereocenters. The van der Waals surface area contributed by atoms with Crippen molar-refractivity contribution in [1.29, 1.82) is 0 Å². The number of aromatic nitrogens is 3. The van der Waals surface area contributed by atoms with Crippen LogP contribution in [0, 0.1) is 13.8 Å². The predicted octanol–water partition coefficient (Wildman–Crippen LogP) is 9.30. The van der Waals surface area contributed by atoms with E-state index in [2.05, 4.69) is 10.3 Å². The minimum absolute atomic E-state index is 0.178. The van der Waals surface area contributed by atoms with Gasteiger partial charge in [0.2, 0.25) is 0 Å². The molecule has 1 aliphatic carbocycles. The molecule has 0 aliphatic heterocycles. The minimum atomic E-state index is -5.62. The molecule has 0 N–H and O–H groups in total. The highest BCUT2D eigenvalue weighted by Gasteiger charge is 2.80. The number of nitrogens with zero attached hydrogens (tertiary/aromatic N) is 3. The van der Waals surface area contributed by atoms with Gasteiger partial charge >= 0.3 is 17.8 Å². The van der Waals surface area contributed by atoms with Crippen molar-refractivity contribution in [2.75, 3.05) is 0 Å². The van der Waals surface area contributed by atoms with Crippen molar-refractivity contribution in [3.63, 3.8) is 0 Å². The first-order valence-electron chi connectivity index (χ1n) is 13.1. The van der Waals surface area contributed by atoms with Crippen molar-refractivity contribution in [2.45, 2.75) is 38.2 Å². The van der Waals surface area contributed by atoms with E-state index in [0.29, 0.717) is 32.3 Å². The summed E-state index contributed by atoms with van der Waals surface area (Å²) in [6.45, 7) is 3.12. The SMILES string of the molecule is Cc1sc(-c2ccccc2)cc1C1=C(c2cc(-c3ccc(OCc4cn(C)nn4)cc3)sc2C)C(F)(F)C(F)(F)C1(F)F. The molecule has 0 saturated heterocycles. The van der Waals surface area contributed by atoms with Crippen molar-refractivity contribution < 1.29 is 31.1 Å². The van der Waals surface area contributed by atoms with Gasteiger partial charge in [-0.1, -0.05) is 35.5 Å². The van der Waals surface area contributed by atoms with Crippen molar-refractivity contribution in [3.8, 4) is 26.6 Å². The maximum Gasteiger partial charge on any atom is 0.380 e. The number of thiophene rings is 2. The maximum absolute atomic E-state index is 15.5. The van der Waals surface area contributed by atoms with Gasteiger partial charge in [-0.2, -0.15) is 26.3 Å². The van der Waals surface area contributed by atoms with Crippen LogP contribution in [0.4, 0.5) is 26.3 Å². The third-order valence-corrected chi connectivity index (χ3v) is 9.47. The Morgan fingerprint density at radius 3 is 1.74 bits per heavy atom. The zero-order valence-corrected chi connectivity index (χ0v) is 24.6. The number of hydrogen-bond donors (Lipinski definition) is 0. The third kappa shape index (κ3) is 4.76. The highest BCUT2D eigenvalue weighted by atomic mass is 32.1. The molecule has 222 valence electrons. The average Bonchev–Trinajstić information content (AvgIpc) is 3.70. The van der Waals surface area contributed by atoms with E-state index in [1.165, 1.54) is 26.0 Å². The Balaban J connectivity index is 1.41. The summed E-state index contributed by atoms with van der Waals surface area (Å²) in [5.41, 5.74) is -1.43. The molecule has 0 radical (unpaired) electrons. The lowest BCUT2D eigenvalue weighted by Gasteiger charge is -2.25. The lowest BCUT2D eigenvalue weighted by atomic mass is 9.94. The van der Waals surface area contributed by atoms with Crippen LogP contribution in [0.25, 0.3) is 32.0 Å². The zero-order valence-electron chi connectivity index (χ0n) is 23.0. The van der Waals surface area contributed by atoms with Gasteiger partial charge in [0.15, 0.2) is 0 Å². The second-order valence-electron chi connectivity index (χ2n) is 10.2. The number of aryl methyl sites for hydroxylation is 3. The van der Waals surface area contributed by atoms with E-state index in [-0.39, 0.29) is 27.5 Å². The fourth-order valence-corrected chi connectivity index (χ4v) is 7.18. The largest absolute Gasteiger partial charge is 0.487 e. The molecule has 4 nitrogen and oxygen atoms in total. The molecule has 0 bridgehead atoms. The monoisotopic (exact) mass is 631 g/mol. The number of alkyl halides is 6. The summed E-state index contributed by atoms with van der Waals surface area (Å²) in [7, 11) is 1.73. The van der Waals surface area contributed by atoms with Gasteiger partial charge in [-0.25, -0.2) is 0 Å². The lowest BCUT2D eigenvalue weighted by molar-refractivity contribution is -0.254. The van der Waals surface area contributed by atoms with Crippen LogP contribution in [-0.2, 0) is 13.7 Å². The van der Waals surface area contributed by atoms with Crippen molar-refractivity contribution in [1.82, 2.24) is 15.0 Å². The summed E-state index contributed by atoms with van der Waals surface area (Å²) in [6, 6.07) is 18.0. The zero-order chi connectivity index (χ0) is 30.7. The van der Waals surface area contributed by atoms with E-state index in [9.17, 15) is 8.78 Å². The normalized spacial score (nSPS) is 17.0. The number of benzene rings is 2. The summed E-state index contributed by atoms with van der Waals surface area (Å²) in [4.78, 5) is 1.43. The fourth-order valence-electron chi connectivity index (χ4n) is 5.11. The third-order valence-electron chi connectivity index (χ3n) is 7.27. The van der Waals surface area contributed by atoms with Crippen LogP contribution in [0.15, 0.2) is 72.9 Å². The Hall–Kier alpha value is -3.90. The first-order valence-corrected chi connectivity index (χ1v) is 14.7. The first kappa shape index (κ1) is 29.2. The van der Waals surface area contributed by atoms with Gasteiger partial charge in [0, 0.05) is 37.7 Å². The molecule has 0 spiro atoms. The van der Waals surface area contributed by atoms with Gasteiger partial charge < -0.3 is 4.74 Å². The van der Waals surface area contributed by atoms with Gasteiger partial charge in [-0.15, -0.1) is 27.8 Å². The Kier molecular flexibility index (Phi) is 7.04. The Labute approximate surface area is 250 Å². The lowest BCUT2D eigenvalue weighted by Crippen LogP contribution is -2.48. The van der Waals surface area contributed by atoms with E-state index in [1.807, 2.05) is 0 Å².